The third kappa shape index (κ3) is 1.18. The molecular formula is C9H7BrO. The van der Waals surface area contributed by atoms with E-state index in [-0.39, 0.29) is 0 Å². The Hall–Kier alpha value is -0.760. The highest BCUT2D eigenvalue weighted by atomic mass is 79.9. The third-order valence-corrected chi connectivity index (χ3v) is 2.10. The van der Waals surface area contributed by atoms with Gasteiger partial charge in [-0.25, -0.2) is 0 Å². The maximum atomic E-state index is 5.42. The molecule has 0 amide bonds. The quantitative estimate of drug-likeness (QED) is 0.649. The van der Waals surface area contributed by atoms with Gasteiger partial charge < -0.3 is 4.42 Å². The minimum absolute atomic E-state index is 0.942. The number of benzene rings is 1. The van der Waals surface area contributed by atoms with E-state index < -0.39 is 0 Å². The van der Waals surface area contributed by atoms with Crippen LogP contribution in [0.15, 0.2) is 33.2 Å². The highest BCUT2D eigenvalue weighted by molar-refractivity contribution is 9.10. The first kappa shape index (κ1) is 6.92. The molecule has 1 aromatic heterocycles. The average molecular weight is 211 g/mol. The fourth-order valence-electron chi connectivity index (χ4n) is 1.14. The molecule has 0 unspecified atom stereocenters. The van der Waals surface area contributed by atoms with Crippen molar-refractivity contribution in [2.24, 2.45) is 0 Å². The Bertz CT molecular complexity index is 389. The van der Waals surface area contributed by atoms with Gasteiger partial charge in [-0.3, -0.25) is 0 Å². The van der Waals surface area contributed by atoms with Gasteiger partial charge in [0.15, 0.2) is 0 Å². The van der Waals surface area contributed by atoms with Crippen LogP contribution >= 0.6 is 15.9 Å². The van der Waals surface area contributed by atoms with E-state index in [0.717, 1.165) is 21.2 Å². The minimum atomic E-state index is 0.942. The summed E-state index contributed by atoms with van der Waals surface area (Å²) in [5.41, 5.74) is 0.942. The van der Waals surface area contributed by atoms with Crippen LogP contribution in [0.4, 0.5) is 0 Å². The summed E-state index contributed by atoms with van der Waals surface area (Å²) in [5.74, 6) is 0.957. The topological polar surface area (TPSA) is 13.1 Å². The van der Waals surface area contributed by atoms with Gasteiger partial charge in [-0.1, -0.05) is 15.9 Å². The number of hydrogen-bond acceptors (Lipinski definition) is 1. The van der Waals surface area contributed by atoms with Crippen LogP contribution in [0, 0.1) is 6.92 Å². The normalized spacial score (nSPS) is 10.7. The predicted octanol–water partition coefficient (Wildman–Crippen LogP) is 3.50. The molecule has 0 saturated carbocycles. The molecule has 11 heavy (non-hydrogen) atoms. The third-order valence-electron chi connectivity index (χ3n) is 1.61. The van der Waals surface area contributed by atoms with Crippen LogP contribution < -0.4 is 0 Å². The molecule has 0 aliphatic heterocycles. The van der Waals surface area contributed by atoms with Crippen molar-refractivity contribution >= 4 is 26.9 Å². The molecule has 0 fully saturated rings. The molecule has 2 rings (SSSR count). The molecule has 0 saturated heterocycles. The second-order valence-electron chi connectivity index (χ2n) is 2.54. The Morgan fingerprint density at radius 1 is 1.27 bits per heavy atom. The Kier molecular flexibility index (Phi) is 1.50. The molecule has 0 N–H and O–H groups in total. The van der Waals surface area contributed by atoms with Crippen molar-refractivity contribution in [1.29, 1.82) is 0 Å². The van der Waals surface area contributed by atoms with Crippen molar-refractivity contribution in [3.05, 3.63) is 34.5 Å². The molecule has 0 bridgehead atoms. The van der Waals surface area contributed by atoms with E-state index in [1.165, 1.54) is 0 Å². The van der Waals surface area contributed by atoms with E-state index >= 15 is 0 Å². The number of furan rings is 1. The van der Waals surface area contributed by atoms with Gasteiger partial charge in [-0.2, -0.15) is 0 Å². The second-order valence-corrected chi connectivity index (χ2v) is 3.45. The van der Waals surface area contributed by atoms with Gasteiger partial charge in [0.1, 0.15) is 11.3 Å². The zero-order chi connectivity index (χ0) is 7.84. The first-order valence-electron chi connectivity index (χ1n) is 3.41. The fourth-order valence-corrected chi connectivity index (χ4v) is 1.48. The zero-order valence-electron chi connectivity index (χ0n) is 6.10. The minimum Gasteiger partial charge on any atom is -0.461 e. The zero-order valence-corrected chi connectivity index (χ0v) is 7.68. The molecule has 0 radical (unpaired) electrons. The van der Waals surface area contributed by atoms with E-state index in [2.05, 4.69) is 15.9 Å². The smallest absolute Gasteiger partial charge is 0.135 e. The van der Waals surface area contributed by atoms with Crippen molar-refractivity contribution in [3.8, 4) is 0 Å². The molecule has 0 atom stereocenters. The Labute approximate surface area is 73.1 Å². The number of fused-ring (bicyclic) bond motifs is 1. The first-order chi connectivity index (χ1) is 5.25. The highest BCUT2D eigenvalue weighted by Crippen LogP contribution is 2.22. The molecule has 1 heterocycles. The fraction of sp³-hybridized carbons (Fsp3) is 0.111. The first-order valence-corrected chi connectivity index (χ1v) is 4.21. The summed E-state index contributed by atoms with van der Waals surface area (Å²) in [6.07, 6.45) is 0. The number of halogens is 1. The summed E-state index contributed by atoms with van der Waals surface area (Å²) in [6.45, 7) is 1.95. The van der Waals surface area contributed by atoms with Crippen LogP contribution in [-0.2, 0) is 0 Å². The maximum Gasteiger partial charge on any atom is 0.135 e. The maximum absolute atomic E-state index is 5.42. The van der Waals surface area contributed by atoms with Gasteiger partial charge >= 0.3 is 0 Å². The molecule has 56 valence electrons. The van der Waals surface area contributed by atoms with Crippen LogP contribution in [0.2, 0.25) is 0 Å². The molecule has 0 aliphatic carbocycles. The standard InChI is InChI=1S/C9H7BrO/c1-6-4-7-2-3-8(10)5-9(7)11-6/h2-5H,1H3. The van der Waals surface area contributed by atoms with Gasteiger partial charge in [-0.05, 0) is 31.2 Å². The summed E-state index contributed by atoms with van der Waals surface area (Å²) in [5, 5.41) is 1.16. The largest absolute Gasteiger partial charge is 0.461 e. The summed E-state index contributed by atoms with van der Waals surface area (Å²) < 4.78 is 6.47. The summed E-state index contributed by atoms with van der Waals surface area (Å²) in [7, 11) is 0. The number of aryl methyl sites for hydroxylation is 1. The van der Waals surface area contributed by atoms with Crippen molar-refractivity contribution < 1.29 is 4.42 Å². The SMILES string of the molecule is Cc1cc2ccc(Br)cc2o1. The van der Waals surface area contributed by atoms with E-state index in [4.69, 9.17) is 4.42 Å². The lowest BCUT2D eigenvalue weighted by atomic mass is 10.2. The molecule has 0 aliphatic rings. The summed E-state index contributed by atoms with van der Waals surface area (Å²) in [6, 6.07) is 8.05. The number of rotatable bonds is 0. The van der Waals surface area contributed by atoms with E-state index in [1.807, 2.05) is 31.2 Å². The van der Waals surface area contributed by atoms with E-state index in [0.29, 0.717) is 0 Å². The van der Waals surface area contributed by atoms with Crippen LogP contribution in [0.5, 0.6) is 0 Å². The average Bonchev–Trinajstić information content (AvgIpc) is 2.27. The molecule has 1 nitrogen and oxygen atoms in total. The van der Waals surface area contributed by atoms with Crippen LogP contribution in [0.1, 0.15) is 5.76 Å². The highest BCUT2D eigenvalue weighted by Gasteiger charge is 1.98. The lowest BCUT2D eigenvalue weighted by molar-refractivity contribution is 0.578. The van der Waals surface area contributed by atoms with Crippen molar-refractivity contribution in [2.75, 3.05) is 0 Å². The van der Waals surface area contributed by atoms with Crippen LogP contribution in [-0.4, -0.2) is 0 Å². The van der Waals surface area contributed by atoms with Gasteiger partial charge in [0.05, 0.1) is 0 Å². The molecule has 2 aromatic rings. The second kappa shape index (κ2) is 2.38. The Morgan fingerprint density at radius 2 is 2.09 bits per heavy atom. The van der Waals surface area contributed by atoms with Gasteiger partial charge in [0.25, 0.3) is 0 Å². The van der Waals surface area contributed by atoms with Gasteiger partial charge in [0, 0.05) is 9.86 Å². The van der Waals surface area contributed by atoms with Crippen LogP contribution in [0.3, 0.4) is 0 Å². The van der Waals surface area contributed by atoms with Crippen molar-refractivity contribution in [3.63, 3.8) is 0 Å². The molecule has 0 spiro atoms. The van der Waals surface area contributed by atoms with Gasteiger partial charge in [-0.15, -0.1) is 0 Å². The molecule has 2 heteroatoms. The monoisotopic (exact) mass is 210 g/mol. The lowest BCUT2D eigenvalue weighted by Crippen LogP contribution is -1.62. The lowest BCUT2D eigenvalue weighted by Gasteiger charge is -1.87. The van der Waals surface area contributed by atoms with E-state index in [9.17, 15) is 0 Å². The predicted molar refractivity (Wildman–Crippen MR) is 48.7 cm³/mol. The molecular weight excluding hydrogens is 204 g/mol. The van der Waals surface area contributed by atoms with E-state index in [1.54, 1.807) is 0 Å². The van der Waals surface area contributed by atoms with Crippen LogP contribution in [0.25, 0.3) is 11.0 Å². The number of hydrogen-bond donors (Lipinski definition) is 0. The summed E-state index contributed by atoms with van der Waals surface area (Å²) >= 11 is 3.38. The van der Waals surface area contributed by atoms with Crippen molar-refractivity contribution in [1.82, 2.24) is 0 Å². The molecule has 1 aromatic carbocycles. The Morgan fingerprint density at radius 3 is 2.91 bits per heavy atom. The van der Waals surface area contributed by atoms with Crippen molar-refractivity contribution in [2.45, 2.75) is 6.92 Å². The summed E-state index contributed by atoms with van der Waals surface area (Å²) in [4.78, 5) is 0. The van der Waals surface area contributed by atoms with Gasteiger partial charge in [0.2, 0.25) is 0 Å². The Balaban J connectivity index is 2.82.